The highest BCUT2D eigenvalue weighted by Gasteiger charge is 2.43. The second-order valence-electron chi connectivity index (χ2n) is 5.49. The molecular formula is C14H20N4O. The molecular weight excluding hydrogens is 240 g/mol. The Morgan fingerprint density at radius 1 is 1.58 bits per heavy atom. The molecule has 5 heteroatoms. The number of aromatic nitrogens is 3. The van der Waals surface area contributed by atoms with E-state index in [2.05, 4.69) is 23.4 Å². The number of nitrogens with zero attached hydrogens (tertiary/aromatic N) is 3. The number of hydrogen-bond acceptors (Lipinski definition) is 4. The smallest absolute Gasteiger partial charge is 0.119 e. The third kappa shape index (κ3) is 1.84. The molecule has 1 fully saturated rings. The van der Waals surface area contributed by atoms with Crippen molar-refractivity contribution in [3.63, 3.8) is 0 Å². The van der Waals surface area contributed by atoms with Gasteiger partial charge in [-0.05, 0) is 19.4 Å². The number of aryl methyl sites for hydroxylation is 1. The number of hydrogen-bond donors (Lipinski definition) is 1. The molecule has 1 aliphatic rings. The lowest BCUT2D eigenvalue weighted by atomic mass is 9.85. The van der Waals surface area contributed by atoms with E-state index in [1.165, 1.54) is 0 Å². The number of imidazole rings is 1. The second kappa shape index (κ2) is 4.58. The first-order valence-electron chi connectivity index (χ1n) is 6.81. The van der Waals surface area contributed by atoms with Crippen molar-refractivity contribution in [1.29, 1.82) is 0 Å². The molecule has 19 heavy (non-hydrogen) atoms. The predicted octanol–water partition coefficient (Wildman–Crippen LogP) is 1.46. The third-order valence-corrected chi connectivity index (χ3v) is 4.03. The van der Waals surface area contributed by atoms with Crippen molar-refractivity contribution in [2.24, 2.45) is 5.73 Å². The summed E-state index contributed by atoms with van der Waals surface area (Å²) in [5, 5.41) is 0. The van der Waals surface area contributed by atoms with Crippen LogP contribution in [0.5, 0.6) is 0 Å². The molecule has 0 radical (unpaired) electrons. The van der Waals surface area contributed by atoms with Crippen molar-refractivity contribution in [2.75, 3.05) is 13.2 Å². The molecule has 0 aromatic carbocycles. The zero-order valence-electron chi connectivity index (χ0n) is 11.5. The predicted molar refractivity (Wildman–Crippen MR) is 74.0 cm³/mol. The minimum Gasteiger partial charge on any atom is -0.379 e. The van der Waals surface area contributed by atoms with Crippen molar-refractivity contribution < 1.29 is 4.74 Å². The summed E-state index contributed by atoms with van der Waals surface area (Å²) in [5.74, 6) is 1.03. The van der Waals surface area contributed by atoms with Crippen LogP contribution >= 0.6 is 0 Å². The molecule has 0 amide bonds. The van der Waals surface area contributed by atoms with E-state index in [4.69, 9.17) is 15.5 Å². The van der Waals surface area contributed by atoms with Gasteiger partial charge in [0, 0.05) is 18.8 Å². The summed E-state index contributed by atoms with van der Waals surface area (Å²) in [6, 6.07) is 2.01. The van der Waals surface area contributed by atoms with Crippen LogP contribution in [0.3, 0.4) is 0 Å². The standard InChI is InChI=1S/C14H20N4O/c1-3-6-18-11-4-5-16-7-10(11)17-13(18)14(2)9-19-8-12(14)15/h4-5,7,12H,3,6,8-9,15H2,1-2H3. The summed E-state index contributed by atoms with van der Waals surface area (Å²) in [6.45, 7) is 6.49. The summed E-state index contributed by atoms with van der Waals surface area (Å²) >= 11 is 0. The highest BCUT2D eigenvalue weighted by Crippen LogP contribution is 2.33. The molecule has 2 unspecified atom stereocenters. The van der Waals surface area contributed by atoms with Gasteiger partial charge in [-0.2, -0.15) is 0 Å². The van der Waals surface area contributed by atoms with E-state index in [1.54, 1.807) is 0 Å². The fourth-order valence-electron chi connectivity index (χ4n) is 2.79. The van der Waals surface area contributed by atoms with Gasteiger partial charge in [0.25, 0.3) is 0 Å². The quantitative estimate of drug-likeness (QED) is 0.907. The van der Waals surface area contributed by atoms with Crippen LogP contribution in [-0.2, 0) is 16.7 Å². The van der Waals surface area contributed by atoms with Crippen LogP contribution in [0.2, 0.25) is 0 Å². The van der Waals surface area contributed by atoms with Gasteiger partial charge in [-0.15, -0.1) is 0 Å². The van der Waals surface area contributed by atoms with Gasteiger partial charge >= 0.3 is 0 Å². The van der Waals surface area contributed by atoms with E-state index < -0.39 is 0 Å². The van der Waals surface area contributed by atoms with Crippen LogP contribution in [0.1, 0.15) is 26.1 Å². The summed E-state index contributed by atoms with van der Waals surface area (Å²) in [5.41, 5.74) is 8.09. The summed E-state index contributed by atoms with van der Waals surface area (Å²) in [4.78, 5) is 8.93. The average molecular weight is 260 g/mol. The van der Waals surface area contributed by atoms with Crippen molar-refractivity contribution >= 4 is 11.0 Å². The largest absolute Gasteiger partial charge is 0.379 e. The zero-order valence-corrected chi connectivity index (χ0v) is 11.5. The molecule has 3 heterocycles. The molecule has 2 aromatic rings. The fraction of sp³-hybridized carbons (Fsp3) is 0.571. The maximum absolute atomic E-state index is 6.24. The van der Waals surface area contributed by atoms with Gasteiger partial charge in [0.2, 0.25) is 0 Å². The molecule has 3 rings (SSSR count). The second-order valence-corrected chi connectivity index (χ2v) is 5.49. The van der Waals surface area contributed by atoms with E-state index >= 15 is 0 Å². The Bertz CT molecular complexity index is 594. The summed E-state index contributed by atoms with van der Waals surface area (Å²) in [6.07, 6.45) is 4.69. The minimum absolute atomic E-state index is 0.00659. The number of rotatable bonds is 3. The van der Waals surface area contributed by atoms with E-state index in [0.29, 0.717) is 13.2 Å². The van der Waals surface area contributed by atoms with Gasteiger partial charge in [0.15, 0.2) is 0 Å². The monoisotopic (exact) mass is 260 g/mol. The van der Waals surface area contributed by atoms with Gasteiger partial charge in [-0.1, -0.05) is 6.92 Å². The van der Waals surface area contributed by atoms with E-state index in [-0.39, 0.29) is 11.5 Å². The first-order valence-corrected chi connectivity index (χ1v) is 6.81. The first-order chi connectivity index (χ1) is 9.16. The van der Waals surface area contributed by atoms with Crippen molar-refractivity contribution in [3.05, 3.63) is 24.3 Å². The lowest BCUT2D eigenvalue weighted by molar-refractivity contribution is 0.177. The van der Waals surface area contributed by atoms with Crippen LogP contribution < -0.4 is 5.73 Å². The fourth-order valence-corrected chi connectivity index (χ4v) is 2.79. The number of ether oxygens (including phenoxy) is 1. The Morgan fingerprint density at radius 3 is 3.11 bits per heavy atom. The maximum Gasteiger partial charge on any atom is 0.119 e. The van der Waals surface area contributed by atoms with Crippen LogP contribution in [0.15, 0.2) is 18.5 Å². The average Bonchev–Trinajstić information content (AvgIpc) is 2.94. The number of pyridine rings is 1. The first kappa shape index (κ1) is 12.6. The topological polar surface area (TPSA) is 66.0 Å². The molecule has 0 bridgehead atoms. The third-order valence-electron chi connectivity index (χ3n) is 4.03. The van der Waals surface area contributed by atoms with E-state index in [0.717, 1.165) is 29.8 Å². The van der Waals surface area contributed by atoms with Gasteiger partial charge in [-0.3, -0.25) is 4.98 Å². The molecule has 1 aliphatic heterocycles. The Labute approximate surface area is 112 Å². The van der Waals surface area contributed by atoms with E-state index in [9.17, 15) is 0 Å². The van der Waals surface area contributed by atoms with Gasteiger partial charge < -0.3 is 15.0 Å². The lowest BCUT2D eigenvalue weighted by Gasteiger charge is -2.27. The Balaban J connectivity index is 2.19. The van der Waals surface area contributed by atoms with Crippen LogP contribution in [0, 0.1) is 0 Å². The van der Waals surface area contributed by atoms with Gasteiger partial charge in [0.1, 0.15) is 11.3 Å². The molecule has 2 aromatic heterocycles. The van der Waals surface area contributed by atoms with Crippen molar-refractivity contribution in [2.45, 2.75) is 38.3 Å². The summed E-state index contributed by atoms with van der Waals surface area (Å²) < 4.78 is 7.83. The molecule has 5 nitrogen and oxygen atoms in total. The van der Waals surface area contributed by atoms with E-state index in [1.807, 2.05) is 18.5 Å². The van der Waals surface area contributed by atoms with Crippen LogP contribution in [0.25, 0.3) is 11.0 Å². The Hall–Kier alpha value is -1.46. The lowest BCUT2D eigenvalue weighted by Crippen LogP contribution is -2.43. The zero-order chi connectivity index (χ0) is 13.5. The van der Waals surface area contributed by atoms with Gasteiger partial charge in [-0.25, -0.2) is 4.98 Å². The highest BCUT2D eigenvalue weighted by atomic mass is 16.5. The molecule has 2 N–H and O–H groups in total. The molecule has 102 valence electrons. The number of fused-ring (bicyclic) bond motifs is 1. The molecule has 0 saturated carbocycles. The minimum atomic E-state index is -0.214. The normalized spacial score (nSPS) is 27.2. The van der Waals surface area contributed by atoms with Crippen molar-refractivity contribution in [3.8, 4) is 0 Å². The highest BCUT2D eigenvalue weighted by molar-refractivity contribution is 5.75. The Kier molecular flexibility index (Phi) is 3.03. The molecule has 0 spiro atoms. The SMILES string of the molecule is CCCn1c(C2(C)COCC2N)nc2cnccc21. The summed E-state index contributed by atoms with van der Waals surface area (Å²) in [7, 11) is 0. The Morgan fingerprint density at radius 2 is 2.42 bits per heavy atom. The maximum atomic E-state index is 6.24. The van der Waals surface area contributed by atoms with Gasteiger partial charge in [0.05, 0.1) is 30.3 Å². The van der Waals surface area contributed by atoms with Crippen molar-refractivity contribution in [1.82, 2.24) is 14.5 Å². The molecule has 0 aliphatic carbocycles. The molecule has 1 saturated heterocycles. The molecule has 2 atom stereocenters. The number of nitrogens with two attached hydrogens (primary N) is 1. The van der Waals surface area contributed by atoms with Crippen LogP contribution in [0.4, 0.5) is 0 Å². The van der Waals surface area contributed by atoms with Crippen LogP contribution in [-0.4, -0.2) is 33.8 Å².